The monoisotopic (exact) mass is 362 g/mol. The first-order valence-corrected chi connectivity index (χ1v) is 9.30. The van der Waals surface area contributed by atoms with Gasteiger partial charge in [-0.2, -0.15) is 0 Å². The summed E-state index contributed by atoms with van der Waals surface area (Å²) >= 11 is 0. The Hall–Kier alpha value is -3.09. The number of aromatic nitrogens is 5. The zero-order chi connectivity index (χ0) is 18.5. The second-order valence-corrected chi connectivity index (χ2v) is 6.77. The van der Waals surface area contributed by atoms with Gasteiger partial charge in [-0.3, -0.25) is 14.8 Å². The van der Waals surface area contributed by atoms with E-state index in [2.05, 4.69) is 30.0 Å². The van der Waals surface area contributed by atoms with Crippen molar-refractivity contribution in [3.63, 3.8) is 0 Å². The second-order valence-electron chi connectivity index (χ2n) is 6.77. The van der Waals surface area contributed by atoms with Gasteiger partial charge in [0.15, 0.2) is 5.82 Å². The summed E-state index contributed by atoms with van der Waals surface area (Å²) in [6.07, 6.45) is 10.8. The van der Waals surface area contributed by atoms with Crippen LogP contribution in [0.5, 0.6) is 0 Å². The van der Waals surface area contributed by atoms with Crippen LogP contribution >= 0.6 is 0 Å². The summed E-state index contributed by atoms with van der Waals surface area (Å²) in [5.74, 6) is 1.95. The summed E-state index contributed by atoms with van der Waals surface area (Å²) < 4.78 is 2.17. The molecule has 1 aliphatic heterocycles. The molecule has 3 aromatic heterocycles. The molecule has 0 saturated heterocycles. The van der Waals surface area contributed by atoms with Gasteiger partial charge in [0, 0.05) is 55.8 Å². The van der Waals surface area contributed by atoms with Crippen molar-refractivity contribution in [2.75, 3.05) is 0 Å². The van der Waals surface area contributed by atoms with Crippen molar-refractivity contribution in [1.29, 1.82) is 0 Å². The SMILES string of the molecule is O=C(CCc1ccncc1)NC1CCc2nnc(-c3ccncc3)n2CC1. The van der Waals surface area contributed by atoms with Gasteiger partial charge in [0.25, 0.3) is 0 Å². The lowest BCUT2D eigenvalue weighted by atomic mass is 10.1. The van der Waals surface area contributed by atoms with E-state index in [0.717, 1.165) is 55.0 Å². The van der Waals surface area contributed by atoms with Gasteiger partial charge in [0.1, 0.15) is 5.82 Å². The quantitative estimate of drug-likeness (QED) is 0.752. The molecule has 0 aliphatic carbocycles. The fraction of sp³-hybridized carbons (Fsp3) is 0.350. The Morgan fingerprint density at radius 2 is 1.78 bits per heavy atom. The van der Waals surface area contributed by atoms with E-state index in [0.29, 0.717) is 6.42 Å². The van der Waals surface area contributed by atoms with Gasteiger partial charge < -0.3 is 9.88 Å². The molecule has 0 fully saturated rings. The van der Waals surface area contributed by atoms with Crippen LogP contribution in [-0.4, -0.2) is 36.7 Å². The molecular formula is C20H22N6O. The standard InChI is InChI=1S/C20H22N6O/c27-19(4-1-15-5-10-21-11-6-15)23-17-2-3-18-24-25-20(26(18)14-9-17)16-7-12-22-13-8-16/h5-8,10-13,17H,1-4,9,14H2,(H,23,27). The second kappa shape index (κ2) is 8.07. The van der Waals surface area contributed by atoms with Crippen molar-refractivity contribution in [3.8, 4) is 11.4 Å². The van der Waals surface area contributed by atoms with Crippen LogP contribution in [-0.2, 0) is 24.2 Å². The van der Waals surface area contributed by atoms with Crippen LogP contribution in [0.1, 0.15) is 30.7 Å². The molecule has 4 rings (SSSR count). The predicted octanol–water partition coefficient (Wildman–Crippen LogP) is 2.19. The van der Waals surface area contributed by atoms with Gasteiger partial charge in [0.2, 0.25) is 5.91 Å². The Bertz CT molecular complexity index is 893. The highest BCUT2D eigenvalue weighted by Crippen LogP contribution is 2.22. The third kappa shape index (κ3) is 4.19. The van der Waals surface area contributed by atoms with Crippen LogP contribution in [0.25, 0.3) is 11.4 Å². The maximum atomic E-state index is 12.3. The van der Waals surface area contributed by atoms with E-state index in [1.54, 1.807) is 24.8 Å². The number of fused-ring (bicyclic) bond motifs is 1. The molecule has 0 bridgehead atoms. The summed E-state index contributed by atoms with van der Waals surface area (Å²) in [5.41, 5.74) is 2.15. The summed E-state index contributed by atoms with van der Waals surface area (Å²) in [7, 11) is 0. The molecule has 1 amide bonds. The Morgan fingerprint density at radius 3 is 2.56 bits per heavy atom. The molecule has 0 radical (unpaired) electrons. The molecule has 1 atom stereocenters. The fourth-order valence-corrected chi connectivity index (χ4v) is 3.45. The fourth-order valence-electron chi connectivity index (χ4n) is 3.45. The van der Waals surface area contributed by atoms with Crippen LogP contribution in [0.15, 0.2) is 49.1 Å². The number of amides is 1. The number of pyridine rings is 2. The lowest BCUT2D eigenvalue weighted by Crippen LogP contribution is -2.35. The lowest BCUT2D eigenvalue weighted by Gasteiger charge is -2.16. The molecule has 7 nitrogen and oxygen atoms in total. The molecule has 1 N–H and O–H groups in total. The highest BCUT2D eigenvalue weighted by atomic mass is 16.1. The lowest BCUT2D eigenvalue weighted by molar-refractivity contribution is -0.121. The summed E-state index contributed by atoms with van der Waals surface area (Å²) in [5, 5.41) is 11.9. The van der Waals surface area contributed by atoms with E-state index in [9.17, 15) is 4.79 Å². The van der Waals surface area contributed by atoms with Crippen molar-refractivity contribution < 1.29 is 4.79 Å². The molecule has 7 heteroatoms. The van der Waals surface area contributed by atoms with E-state index in [4.69, 9.17) is 0 Å². The maximum Gasteiger partial charge on any atom is 0.220 e. The van der Waals surface area contributed by atoms with Crippen molar-refractivity contribution in [3.05, 3.63) is 60.4 Å². The smallest absolute Gasteiger partial charge is 0.220 e. The Morgan fingerprint density at radius 1 is 1.04 bits per heavy atom. The summed E-state index contributed by atoms with van der Waals surface area (Å²) in [6, 6.07) is 7.96. The van der Waals surface area contributed by atoms with E-state index < -0.39 is 0 Å². The third-order valence-electron chi connectivity index (χ3n) is 4.94. The average molecular weight is 362 g/mol. The van der Waals surface area contributed by atoms with Crippen LogP contribution in [0.3, 0.4) is 0 Å². The van der Waals surface area contributed by atoms with E-state index in [-0.39, 0.29) is 11.9 Å². The van der Waals surface area contributed by atoms with Gasteiger partial charge in [-0.25, -0.2) is 0 Å². The normalized spacial score (nSPS) is 16.4. The minimum absolute atomic E-state index is 0.101. The number of carbonyl (C=O) groups excluding carboxylic acids is 1. The zero-order valence-electron chi connectivity index (χ0n) is 15.1. The average Bonchev–Trinajstić information content (AvgIpc) is 3.02. The molecule has 1 unspecified atom stereocenters. The maximum absolute atomic E-state index is 12.3. The highest BCUT2D eigenvalue weighted by Gasteiger charge is 2.22. The molecule has 27 heavy (non-hydrogen) atoms. The summed E-state index contributed by atoms with van der Waals surface area (Å²) in [6.45, 7) is 0.801. The predicted molar refractivity (Wildman–Crippen MR) is 101 cm³/mol. The Balaban J connectivity index is 1.35. The molecule has 0 aromatic carbocycles. The molecular weight excluding hydrogens is 340 g/mol. The highest BCUT2D eigenvalue weighted by molar-refractivity contribution is 5.76. The first-order valence-electron chi connectivity index (χ1n) is 9.30. The van der Waals surface area contributed by atoms with Crippen molar-refractivity contribution in [2.24, 2.45) is 0 Å². The topological polar surface area (TPSA) is 85.6 Å². The minimum atomic E-state index is 0.101. The minimum Gasteiger partial charge on any atom is -0.353 e. The van der Waals surface area contributed by atoms with Crippen LogP contribution in [0, 0.1) is 0 Å². The van der Waals surface area contributed by atoms with Gasteiger partial charge >= 0.3 is 0 Å². The van der Waals surface area contributed by atoms with E-state index in [1.165, 1.54) is 0 Å². The molecule has 0 saturated carbocycles. The van der Waals surface area contributed by atoms with E-state index in [1.807, 2.05) is 24.3 Å². The van der Waals surface area contributed by atoms with Gasteiger partial charge in [0.05, 0.1) is 0 Å². The van der Waals surface area contributed by atoms with Crippen molar-refractivity contribution >= 4 is 5.91 Å². The van der Waals surface area contributed by atoms with Crippen LogP contribution < -0.4 is 5.32 Å². The van der Waals surface area contributed by atoms with Crippen LogP contribution in [0.2, 0.25) is 0 Å². The molecule has 3 aromatic rings. The third-order valence-corrected chi connectivity index (χ3v) is 4.94. The first-order chi connectivity index (χ1) is 13.3. The number of nitrogens with zero attached hydrogens (tertiary/aromatic N) is 5. The van der Waals surface area contributed by atoms with Crippen molar-refractivity contribution in [1.82, 2.24) is 30.0 Å². The number of carbonyl (C=O) groups is 1. The van der Waals surface area contributed by atoms with Crippen LogP contribution in [0.4, 0.5) is 0 Å². The van der Waals surface area contributed by atoms with Crippen molar-refractivity contribution in [2.45, 2.75) is 44.7 Å². The number of aryl methyl sites for hydroxylation is 2. The van der Waals surface area contributed by atoms with Gasteiger partial charge in [-0.1, -0.05) is 0 Å². The molecule has 1 aliphatic rings. The molecule has 4 heterocycles. The summed E-state index contributed by atoms with van der Waals surface area (Å²) in [4.78, 5) is 20.4. The first kappa shape index (κ1) is 17.3. The number of nitrogens with one attached hydrogen (secondary N) is 1. The zero-order valence-corrected chi connectivity index (χ0v) is 15.1. The van der Waals surface area contributed by atoms with Gasteiger partial charge in [-0.05, 0) is 49.1 Å². The largest absolute Gasteiger partial charge is 0.353 e. The molecule has 138 valence electrons. The Kier molecular flexibility index (Phi) is 5.18. The number of hydrogen-bond donors (Lipinski definition) is 1. The van der Waals surface area contributed by atoms with Gasteiger partial charge in [-0.15, -0.1) is 10.2 Å². The molecule has 0 spiro atoms. The number of hydrogen-bond acceptors (Lipinski definition) is 5. The van der Waals surface area contributed by atoms with E-state index >= 15 is 0 Å². The Labute approximate surface area is 157 Å². The number of rotatable bonds is 5.